The quantitative estimate of drug-likeness (QED) is 0.609. The van der Waals surface area contributed by atoms with E-state index in [1.807, 2.05) is 0 Å². The first kappa shape index (κ1) is 12.0. The van der Waals surface area contributed by atoms with Crippen molar-refractivity contribution in [1.82, 2.24) is 10.2 Å². The van der Waals surface area contributed by atoms with Crippen molar-refractivity contribution < 1.29 is 19.1 Å². The lowest BCUT2D eigenvalue weighted by Crippen LogP contribution is -2.42. The lowest BCUT2D eigenvalue weighted by atomic mass is 10.00. The van der Waals surface area contributed by atoms with Crippen molar-refractivity contribution in [3.63, 3.8) is 0 Å². The van der Waals surface area contributed by atoms with E-state index >= 15 is 0 Å². The van der Waals surface area contributed by atoms with Crippen molar-refractivity contribution in [2.45, 2.75) is 26.4 Å². The number of likely N-dealkylation sites (tertiary alicyclic amines) is 1. The topological polar surface area (TPSA) is 75.7 Å². The Kier molecular flexibility index (Phi) is 2.69. The molecule has 2 heterocycles. The normalized spacial score (nSPS) is 28.5. The van der Waals surface area contributed by atoms with E-state index in [1.54, 1.807) is 20.8 Å². The van der Waals surface area contributed by atoms with Crippen LogP contribution in [0.15, 0.2) is 0 Å². The van der Waals surface area contributed by atoms with Crippen molar-refractivity contribution in [2.75, 3.05) is 13.1 Å². The van der Waals surface area contributed by atoms with E-state index in [1.165, 1.54) is 0 Å². The highest BCUT2D eigenvalue weighted by atomic mass is 16.6. The van der Waals surface area contributed by atoms with Crippen molar-refractivity contribution in [1.29, 1.82) is 0 Å². The average Bonchev–Trinajstić information content (AvgIpc) is 2.68. The first-order valence-corrected chi connectivity index (χ1v) is 5.63. The molecule has 0 aromatic rings. The van der Waals surface area contributed by atoms with Crippen LogP contribution in [0.3, 0.4) is 0 Å². The summed E-state index contributed by atoms with van der Waals surface area (Å²) in [6.07, 6.45) is -0.859. The number of carbonyl (C=O) groups excluding carboxylic acids is 3. The van der Waals surface area contributed by atoms with Gasteiger partial charge >= 0.3 is 6.09 Å². The molecule has 0 bridgehead atoms. The molecule has 2 fully saturated rings. The van der Waals surface area contributed by atoms with E-state index in [4.69, 9.17) is 4.74 Å². The summed E-state index contributed by atoms with van der Waals surface area (Å²) in [5, 5.41) is 2.97. The fourth-order valence-corrected chi connectivity index (χ4v) is 2.13. The summed E-state index contributed by atoms with van der Waals surface area (Å²) in [6, 6.07) is 0. The number of amides is 3. The molecular formula is C11H16N2O4. The third kappa shape index (κ3) is 2.04. The number of nitrogens with zero attached hydrogens (tertiary/aromatic N) is 1. The molecule has 0 aromatic heterocycles. The molecule has 6 nitrogen and oxygen atoms in total. The van der Waals surface area contributed by atoms with E-state index in [0.717, 1.165) is 0 Å². The van der Waals surface area contributed by atoms with Crippen LogP contribution in [0.2, 0.25) is 0 Å². The van der Waals surface area contributed by atoms with E-state index in [2.05, 4.69) is 5.32 Å². The van der Waals surface area contributed by atoms with Gasteiger partial charge in [-0.05, 0) is 20.8 Å². The van der Waals surface area contributed by atoms with Gasteiger partial charge in [-0.3, -0.25) is 9.59 Å². The Morgan fingerprint density at radius 3 is 2.12 bits per heavy atom. The summed E-state index contributed by atoms with van der Waals surface area (Å²) >= 11 is 0. The number of carbonyl (C=O) groups is 3. The molecule has 0 aromatic carbocycles. The first-order chi connectivity index (χ1) is 7.81. The van der Waals surface area contributed by atoms with Gasteiger partial charge in [-0.2, -0.15) is 4.90 Å². The second-order valence-electron chi connectivity index (χ2n) is 5.36. The number of ether oxygens (including phenoxy) is 1. The molecule has 0 radical (unpaired) electrons. The highest BCUT2D eigenvalue weighted by Crippen LogP contribution is 2.30. The van der Waals surface area contributed by atoms with Gasteiger partial charge < -0.3 is 10.1 Å². The van der Waals surface area contributed by atoms with Crippen molar-refractivity contribution in [3.8, 4) is 0 Å². The molecule has 0 saturated carbocycles. The minimum atomic E-state index is -0.859. The fourth-order valence-electron chi connectivity index (χ4n) is 2.13. The predicted octanol–water partition coefficient (Wildman–Crippen LogP) is 0.126. The van der Waals surface area contributed by atoms with Crippen LogP contribution in [0, 0.1) is 11.8 Å². The Bertz CT molecular complexity index is 363. The van der Waals surface area contributed by atoms with Crippen molar-refractivity contribution in [2.24, 2.45) is 11.8 Å². The van der Waals surface area contributed by atoms with Crippen molar-refractivity contribution in [3.05, 3.63) is 0 Å². The maximum absolute atomic E-state index is 11.9. The second kappa shape index (κ2) is 3.80. The maximum atomic E-state index is 11.9. The van der Waals surface area contributed by atoms with Gasteiger partial charge in [0, 0.05) is 13.1 Å². The Morgan fingerprint density at radius 2 is 1.71 bits per heavy atom. The maximum Gasteiger partial charge on any atom is 0.424 e. The SMILES string of the molecule is CC(C)(C)OC(=O)N1C(=O)[C@@H]2CNC[C@H]2C1=O. The second-order valence-corrected chi connectivity index (χ2v) is 5.36. The van der Waals surface area contributed by atoms with Gasteiger partial charge in [0.25, 0.3) is 0 Å². The van der Waals surface area contributed by atoms with Gasteiger partial charge in [-0.1, -0.05) is 0 Å². The van der Waals surface area contributed by atoms with Gasteiger partial charge in [0.2, 0.25) is 11.8 Å². The molecule has 94 valence electrons. The summed E-state index contributed by atoms with van der Waals surface area (Å²) < 4.78 is 5.05. The molecule has 2 aliphatic rings. The molecule has 2 atom stereocenters. The minimum absolute atomic E-state index is 0.407. The van der Waals surface area contributed by atoms with Crippen LogP contribution >= 0.6 is 0 Å². The van der Waals surface area contributed by atoms with Gasteiger partial charge in [0.1, 0.15) is 5.60 Å². The molecule has 2 aliphatic heterocycles. The van der Waals surface area contributed by atoms with Gasteiger partial charge in [0.05, 0.1) is 11.8 Å². The van der Waals surface area contributed by atoms with Crippen LogP contribution in [0.1, 0.15) is 20.8 Å². The van der Waals surface area contributed by atoms with E-state index < -0.39 is 35.3 Å². The van der Waals surface area contributed by atoms with Crippen LogP contribution in [-0.4, -0.2) is 41.5 Å². The van der Waals surface area contributed by atoms with E-state index in [-0.39, 0.29) is 0 Å². The third-order valence-electron chi connectivity index (χ3n) is 2.87. The number of nitrogens with one attached hydrogen (secondary N) is 1. The van der Waals surface area contributed by atoms with Crippen LogP contribution in [-0.2, 0) is 14.3 Å². The highest BCUT2D eigenvalue weighted by molar-refractivity contribution is 6.16. The molecule has 0 aliphatic carbocycles. The standard InChI is InChI=1S/C11H16N2O4/c1-11(2,3)17-10(16)13-8(14)6-4-12-5-7(6)9(13)15/h6-7,12H,4-5H2,1-3H3/t6-,7-/m1/s1. The first-order valence-electron chi connectivity index (χ1n) is 5.63. The molecule has 2 saturated heterocycles. The average molecular weight is 240 g/mol. The number of rotatable bonds is 0. The van der Waals surface area contributed by atoms with Crippen molar-refractivity contribution >= 4 is 17.9 Å². The Morgan fingerprint density at radius 1 is 1.24 bits per heavy atom. The van der Waals surface area contributed by atoms with Crippen LogP contribution in [0.5, 0.6) is 0 Å². The number of hydrogen-bond donors (Lipinski definition) is 1. The fraction of sp³-hybridized carbons (Fsp3) is 0.727. The highest BCUT2D eigenvalue weighted by Gasteiger charge is 2.53. The number of fused-ring (bicyclic) bond motifs is 1. The van der Waals surface area contributed by atoms with Gasteiger partial charge in [0.15, 0.2) is 0 Å². The molecule has 17 heavy (non-hydrogen) atoms. The summed E-state index contributed by atoms with van der Waals surface area (Å²) in [4.78, 5) is 36.2. The summed E-state index contributed by atoms with van der Waals surface area (Å²) in [5.41, 5.74) is -0.715. The number of hydrogen-bond acceptors (Lipinski definition) is 5. The van der Waals surface area contributed by atoms with Gasteiger partial charge in [-0.15, -0.1) is 0 Å². The van der Waals surface area contributed by atoms with E-state index in [0.29, 0.717) is 18.0 Å². The smallest absolute Gasteiger partial charge is 0.424 e. The lowest BCUT2D eigenvalue weighted by molar-refractivity contribution is -0.138. The minimum Gasteiger partial charge on any atom is -0.443 e. The molecule has 6 heteroatoms. The third-order valence-corrected chi connectivity index (χ3v) is 2.87. The Labute approximate surface area is 99.3 Å². The molecule has 2 rings (SSSR count). The lowest BCUT2D eigenvalue weighted by Gasteiger charge is -2.22. The zero-order chi connectivity index (χ0) is 12.8. The summed E-state index contributed by atoms with van der Waals surface area (Å²) in [7, 11) is 0. The molecule has 0 unspecified atom stereocenters. The monoisotopic (exact) mass is 240 g/mol. The summed E-state index contributed by atoms with van der Waals surface area (Å²) in [6.45, 7) is 5.98. The van der Waals surface area contributed by atoms with Crippen LogP contribution in [0.4, 0.5) is 4.79 Å². The predicted molar refractivity (Wildman–Crippen MR) is 57.9 cm³/mol. The largest absolute Gasteiger partial charge is 0.443 e. The zero-order valence-electron chi connectivity index (χ0n) is 10.1. The molecule has 0 spiro atoms. The van der Waals surface area contributed by atoms with Gasteiger partial charge in [-0.25, -0.2) is 4.79 Å². The molecular weight excluding hydrogens is 224 g/mol. The van der Waals surface area contributed by atoms with E-state index in [9.17, 15) is 14.4 Å². The van der Waals surface area contributed by atoms with Crippen LogP contribution in [0.25, 0.3) is 0 Å². The Hall–Kier alpha value is -1.43. The zero-order valence-corrected chi connectivity index (χ0v) is 10.1. The molecule has 3 amide bonds. The number of imide groups is 3. The Balaban J connectivity index is 2.15. The summed E-state index contributed by atoms with van der Waals surface area (Å²) in [5.74, 6) is -1.71. The van der Waals surface area contributed by atoms with Crippen LogP contribution < -0.4 is 5.32 Å². The molecule has 1 N–H and O–H groups in total.